The van der Waals surface area contributed by atoms with Crippen LogP contribution < -0.4 is 10.2 Å². The van der Waals surface area contributed by atoms with Crippen molar-refractivity contribution < 1.29 is 9.90 Å². The highest BCUT2D eigenvalue weighted by molar-refractivity contribution is 5.81. The molecule has 0 fully saturated rings. The van der Waals surface area contributed by atoms with Gasteiger partial charge in [0.25, 0.3) is 0 Å². The van der Waals surface area contributed by atoms with E-state index in [1.165, 1.54) is 11.1 Å². The first-order chi connectivity index (χ1) is 11.2. The number of nitrogens with zero attached hydrogens (tertiary/aromatic N) is 1. The molecule has 0 saturated heterocycles. The number of benzene rings is 2. The molecular formula is C19H24N2O2. The van der Waals surface area contributed by atoms with Crippen molar-refractivity contribution in [1.82, 2.24) is 5.32 Å². The lowest BCUT2D eigenvalue weighted by Gasteiger charge is -2.23. The number of anilines is 1. The van der Waals surface area contributed by atoms with Gasteiger partial charge in [-0.1, -0.05) is 42.5 Å². The summed E-state index contributed by atoms with van der Waals surface area (Å²) in [5.41, 5.74) is 3.44. The second-order valence-corrected chi connectivity index (χ2v) is 5.51. The molecule has 4 nitrogen and oxygen atoms in total. The summed E-state index contributed by atoms with van der Waals surface area (Å²) < 4.78 is 0. The zero-order valence-corrected chi connectivity index (χ0v) is 13.5. The van der Waals surface area contributed by atoms with E-state index in [4.69, 9.17) is 0 Å². The highest BCUT2D eigenvalue weighted by atomic mass is 16.3. The van der Waals surface area contributed by atoms with E-state index in [0.717, 1.165) is 12.1 Å². The number of carbonyl (C=O) groups excluding carboxylic acids is 1. The molecule has 2 aromatic rings. The van der Waals surface area contributed by atoms with Gasteiger partial charge in [0.2, 0.25) is 5.91 Å². The molecule has 0 bridgehead atoms. The van der Waals surface area contributed by atoms with Crippen LogP contribution in [0, 0.1) is 6.92 Å². The average Bonchev–Trinajstić information content (AvgIpc) is 2.57. The second-order valence-electron chi connectivity index (χ2n) is 5.51. The maximum atomic E-state index is 12.1. The lowest BCUT2D eigenvalue weighted by molar-refractivity contribution is -0.119. The Labute approximate surface area is 137 Å². The van der Waals surface area contributed by atoms with Crippen molar-refractivity contribution in [2.75, 3.05) is 31.1 Å². The first-order valence-electron chi connectivity index (χ1n) is 7.93. The van der Waals surface area contributed by atoms with E-state index < -0.39 is 0 Å². The van der Waals surface area contributed by atoms with Gasteiger partial charge in [-0.25, -0.2) is 0 Å². The molecule has 23 heavy (non-hydrogen) atoms. The Kier molecular flexibility index (Phi) is 6.63. The molecule has 0 aliphatic rings. The molecule has 122 valence electrons. The van der Waals surface area contributed by atoms with Gasteiger partial charge in [-0.2, -0.15) is 0 Å². The summed E-state index contributed by atoms with van der Waals surface area (Å²) in [6.07, 6.45) is 0.823. The lowest BCUT2D eigenvalue weighted by atomic mass is 10.1. The fourth-order valence-corrected chi connectivity index (χ4v) is 2.52. The van der Waals surface area contributed by atoms with Gasteiger partial charge in [0.1, 0.15) is 0 Å². The Morgan fingerprint density at radius 3 is 2.48 bits per heavy atom. The third-order valence-corrected chi connectivity index (χ3v) is 3.80. The monoisotopic (exact) mass is 312 g/mol. The van der Waals surface area contributed by atoms with Crippen LogP contribution in [0.4, 0.5) is 5.69 Å². The summed E-state index contributed by atoms with van der Waals surface area (Å²) in [5, 5.41) is 12.1. The molecule has 0 unspecified atom stereocenters. The number of aliphatic hydroxyl groups excluding tert-OH is 1. The van der Waals surface area contributed by atoms with E-state index in [1.54, 1.807) is 0 Å². The minimum absolute atomic E-state index is 0.0192. The number of hydrogen-bond donors (Lipinski definition) is 2. The Hall–Kier alpha value is -2.33. The van der Waals surface area contributed by atoms with Crippen LogP contribution in [0.2, 0.25) is 0 Å². The summed E-state index contributed by atoms with van der Waals surface area (Å²) in [5.74, 6) is -0.0316. The van der Waals surface area contributed by atoms with E-state index in [-0.39, 0.29) is 19.1 Å². The van der Waals surface area contributed by atoms with Crippen molar-refractivity contribution in [2.24, 2.45) is 0 Å². The van der Waals surface area contributed by atoms with Crippen LogP contribution in [0.5, 0.6) is 0 Å². The van der Waals surface area contributed by atoms with E-state index in [2.05, 4.69) is 24.4 Å². The molecule has 0 aliphatic carbocycles. The van der Waals surface area contributed by atoms with Gasteiger partial charge in [0, 0.05) is 18.8 Å². The Bertz CT molecular complexity index is 614. The second kappa shape index (κ2) is 8.96. The molecule has 0 aliphatic heterocycles. The molecule has 0 atom stereocenters. The number of carbonyl (C=O) groups is 1. The Morgan fingerprint density at radius 2 is 1.78 bits per heavy atom. The Balaban J connectivity index is 1.84. The topological polar surface area (TPSA) is 52.6 Å². The zero-order chi connectivity index (χ0) is 16.5. The predicted molar refractivity (Wildman–Crippen MR) is 93.6 cm³/mol. The van der Waals surface area contributed by atoms with Crippen molar-refractivity contribution >= 4 is 11.6 Å². The van der Waals surface area contributed by atoms with Gasteiger partial charge in [-0.3, -0.25) is 4.79 Å². The fraction of sp³-hybridized carbons (Fsp3) is 0.316. The normalized spacial score (nSPS) is 10.3. The van der Waals surface area contributed by atoms with Crippen molar-refractivity contribution in [3.63, 3.8) is 0 Å². The van der Waals surface area contributed by atoms with Crippen LogP contribution in [0.3, 0.4) is 0 Å². The number of hydrogen-bond acceptors (Lipinski definition) is 3. The minimum Gasteiger partial charge on any atom is -0.395 e. The summed E-state index contributed by atoms with van der Waals surface area (Å²) in [7, 11) is 0. The number of aryl methyl sites for hydroxylation is 1. The van der Waals surface area contributed by atoms with Gasteiger partial charge >= 0.3 is 0 Å². The summed E-state index contributed by atoms with van der Waals surface area (Å²) in [6, 6.07) is 17.9. The summed E-state index contributed by atoms with van der Waals surface area (Å²) >= 11 is 0. The molecule has 2 N–H and O–H groups in total. The van der Waals surface area contributed by atoms with Crippen molar-refractivity contribution in [2.45, 2.75) is 13.3 Å². The minimum atomic E-state index is -0.0316. The first kappa shape index (κ1) is 17.0. The van der Waals surface area contributed by atoms with Gasteiger partial charge < -0.3 is 15.3 Å². The average molecular weight is 312 g/mol. The standard InChI is InChI=1S/C19H24N2O2/c1-16-7-5-6-8-17(16)11-12-20-19(23)15-21(13-14-22)18-9-3-2-4-10-18/h2-10,22H,11-15H2,1H3,(H,20,23). The van der Waals surface area contributed by atoms with E-state index >= 15 is 0 Å². The predicted octanol–water partition coefficient (Wildman–Crippen LogP) is 2.15. The molecule has 0 saturated carbocycles. The van der Waals surface area contributed by atoms with Crippen molar-refractivity contribution in [1.29, 1.82) is 0 Å². The first-order valence-corrected chi connectivity index (χ1v) is 7.93. The van der Waals surface area contributed by atoms with E-state index in [9.17, 15) is 9.90 Å². The molecule has 0 spiro atoms. The largest absolute Gasteiger partial charge is 0.395 e. The number of para-hydroxylation sites is 1. The third-order valence-electron chi connectivity index (χ3n) is 3.80. The maximum absolute atomic E-state index is 12.1. The number of rotatable bonds is 8. The number of amides is 1. The third kappa shape index (κ3) is 5.42. The number of aliphatic hydroxyl groups is 1. The highest BCUT2D eigenvalue weighted by Gasteiger charge is 2.10. The molecule has 2 aromatic carbocycles. The smallest absolute Gasteiger partial charge is 0.239 e. The molecule has 1 amide bonds. The van der Waals surface area contributed by atoms with Crippen LogP contribution in [-0.4, -0.2) is 37.3 Å². The summed E-state index contributed by atoms with van der Waals surface area (Å²) in [4.78, 5) is 14.0. The van der Waals surface area contributed by atoms with Gasteiger partial charge in [-0.15, -0.1) is 0 Å². The van der Waals surface area contributed by atoms with Crippen LogP contribution >= 0.6 is 0 Å². The van der Waals surface area contributed by atoms with Crippen LogP contribution in [0.15, 0.2) is 54.6 Å². The zero-order valence-electron chi connectivity index (χ0n) is 13.5. The molecule has 2 rings (SSSR count). The fourth-order valence-electron chi connectivity index (χ4n) is 2.52. The lowest BCUT2D eigenvalue weighted by Crippen LogP contribution is -2.39. The van der Waals surface area contributed by atoms with Crippen molar-refractivity contribution in [3.8, 4) is 0 Å². The molecular weight excluding hydrogens is 288 g/mol. The van der Waals surface area contributed by atoms with Crippen LogP contribution in [-0.2, 0) is 11.2 Å². The Morgan fingerprint density at radius 1 is 1.09 bits per heavy atom. The quantitative estimate of drug-likeness (QED) is 0.785. The highest BCUT2D eigenvalue weighted by Crippen LogP contribution is 2.12. The number of nitrogens with one attached hydrogen (secondary N) is 1. The molecule has 0 heterocycles. The molecule has 4 heteroatoms. The van der Waals surface area contributed by atoms with Gasteiger partial charge in [-0.05, 0) is 36.6 Å². The van der Waals surface area contributed by atoms with Gasteiger partial charge in [0.05, 0.1) is 13.2 Å². The maximum Gasteiger partial charge on any atom is 0.239 e. The SMILES string of the molecule is Cc1ccccc1CCNC(=O)CN(CCO)c1ccccc1. The van der Waals surface area contributed by atoms with Crippen molar-refractivity contribution in [3.05, 3.63) is 65.7 Å². The van der Waals surface area contributed by atoms with Crippen LogP contribution in [0.1, 0.15) is 11.1 Å². The molecule has 0 aromatic heterocycles. The van der Waals surface area contributed by atoms with Crippen LogP contribution in [0.25, 0.3) is 0 Å². The van der Waals surface area contributed by atoms with E-state index in [1.807, 2.05) is 47.4 Å². The van der Waals surface area contributed by atoms with Gasteiger partial charge in [0.15, 0.2) is 0 Å². The molecule has 0 radical (unpaired) electrons. The summed E-state index contributed by atoms with van der Waals surface area (Å²) in [6.45, 7) is 3.40. The van der Waals surface area contributed by atoms with E-state index in [0.29, 0.717) is 13.1 Å².